The number of carbonyl (C=O) groups is 1. The van der Waals surface area contributed by atoms with Crippen LogP contribution in [0.2, 0.25) is 0 Å². The lowest BCUT2D eigenvalue weighted by Crippen LogP contribution is -2.26. The number of hydrogen-bond acceptors (Lipinski definition) is 4. The maximum Gasteiger partial charge on any atom is 0.251 e. The molecule has 3 rings (SSSR count). The van der Waals surface area contributed by atoms with Gasteiger partial charge in [0.05, 0.1) is 12.1 Å². The minimum Gasteiger partial charge on any atom is -0.352 e. The highest BCUT2D eigenvalue weighted by Gasteiger charge is 2.09. The van der Waals surface area contributed by atoms with Crippen molar-refractivity contribution in [3.63, 3.8) is 0 Å². The van der Waals surface area contributed by atoms with Crippen LogP contribution in [0, 0.1) is 13.8 Å². The molecule has 2 aromatic carbocycles. The van der Waals surface area contributed by atoms with Crippen LogP contribution in [0.1, 0.15) is 27.9 Å². The Morgan fingerprint density at radius 2 is 1.89 bits per heavy atom. The van der Waals surface area contributed by atoms with E-state index < -0.39 is 0 Å². The Morgan fingerprint density at radius 1 is 1.11 bits per heavy atom. The molecule has 0 saturated carbocycles. The molecule has 2 N–H and O–H groups in total. The normalized spacial score (nSPS) is 10.6. The lowest BCUT2D eigenvalue weighted by molar-refractivity contribution is -0.120. The van der Waals surface area contributed by atoms with E-state index in [0.717, 1.165) is 22.3 Å². The zero-order valence-electron chi connectivity index (χ0n) is 16.0. The summed E-state index contributed by atoms with van der Waals surface area (Å²) in [6.07, 6.45) is 0.0771. The van der Waals surface area contributed by atoms with E-state index in [1.54, 1.807) is 0 Å². The zero-order chi connectivity index (χ0) is 19.9. The van der Waals surface area contributed by atoms with Gasteiger partial charge in [-0.05, 0) is 30.5 Å². The van der Waals surface area contributed by atoms with Gasteiger partial charge in [-0.3, -0.25) is 9.59 Å². The molecular formula is C22H23N3O2S. The highest BCUT2D eigenvalue weighted by Crippen LogP contribution is 2.18. The standard InChI is InChI=1S/C22H23N3O2S/c1-15-8-9-16(2)18(10-15)13-23-20(26)11-19-12-21(27)25-22(24-19)28-14-17-6-4-3-5-7-17/h3-10,12H,11,13-14H2,1-2H3,(H,23,26)(H,24,25,27). The highest BCUT2D eigenvalue weighted by atomic mass is 32.2. The van der Waals surface area contributed by atoms with Crippen molar-refractivity contribution in [3.8, 4) is 0 Å². The molecule has 0 unspecified atom stereocenters. The van der Waals surface area contributed by atoms with Gasteiger partial charge in [0, 0.05) is 18.4 Å². The van der Waals surface area contributed by atoms with Crippen LogP contribution in [0.15, 0.2) is 64.5 Å². The molecule has 144 valence electrons. The number of amides is 1. The number of nitrogens with one attached hydrogen (secondary N) is 2. The molecule has 0 saturated heterocycles. The smallest absolute Gasteiger partial charge is 0.251 e. The van der Waals surface area contributed by atoms with Gasteiger partial charge in [-0.15, -0.1) is 0 Å². The molecule has 0 aliphatic heterocycles. The molecule has 0 atom stereocenters. The van der Waals surface area contributed by atoms with E-state index in [-0.39, 0.29) is 17.9 Å². The van der Waals surface area contributed by atoms with Crippen molar-refractivity contribution in [2.75, 3.05) is 0 Å². The molecule has 0 radical (unpaired) electrons. The van der Waals surface area contributed by atoms with Gasteiger partial charge in [0.2, 0.25) is 5.91 Å². The summed E-state index contributed by atoms with van der Waals surface area (Å²) in [5, 5.41) is 3.44. The Hall–Kier alpha value is -2.86. The molecule has 0 aliphatic carbocycles. The van der Waals surface area contributed by atoms with Crippen molar-refractivity contribution in [2.24, 2.45) is 0 Å². The van der Waals surface area contributed by atoms with E-state index in [1.807, 2.05) is 50.2 Å². The van der Waals surface area contributed by atoms with Gasteiger partial charge in [-0.2, -0.15) is 0 Å². The number of thioether (sulfide) groups is 1. The van der Waals surface area contributed by atoms with Crippen molar-refractivity contribution in [3.05, 3.63) is 92.9 Å². The van der Waals surface area contributed by atoms with Crippen LogP contribution in [-0.4, -0.2) is 15.9 Å². The minimum atomic E-state index is -0.247. The summed E-state index contributed by atoms with van der Waals surface area (Å²) in [5.74, 6) is 0.546. The zero-order valence-corrected chi connectivity index (χ0v) is 16.8. The first kappa shape index (κ1) is 19.9. The van der Waals surface area contributed by atoms with Crippen molar-refractivity contribution >= 4 is 17.7 Å². The molecule has 0 fully saturated rings. The Kier molecular flexibility index (Phi) is 6.66. The first-order chi connectivity index (χ1) is 13.5. The Balaban J connectivity index is 1.60. The second-order valence-corrected chi connectivity index (χ2v) is 7.66. The van der Waals surface area contributed by atoms with Gasteiger partial charge in [-0.1, -0.05) is 65.9 Å². The van der Waals surface area contributed by atoms with Crippen LogP contribution in [0.3, 0.4) is 0 Å². The summed E-state index contributed by atoms with van der Waals surface area (Å²) in [6.45, 7) is 4.51. The lowest BCUT2D eigenvalue weighted by atomic mass is 10.1. The number of nitrogens with zero attached hydrogens (tertiary/aromatic N) is 1. The van der Waals surface area contributed by atoms with Crippen molar-refractivity contribution in [1.29, 1.82) is 0 Å². The first-order valence-corrected chi connectivity index (χ1v) is 10.1. The highest BCUT2D eigenvalue weighted by molar-refractivity contribution is 7.98. The number of carbonyl (C=O) groups excluding carboxylic acids is 1. The average molecular weight is 394 g/mol. The van der Waals surface area contributed by atoms with Crippen LogP contribution in [0.5, 0.6) is 0 Å². The van der Waals surface area contributed by atoms with Crippen molar-refractivity contribution in [2.45, 2.75) is 37.7 Å². The van der Waals surface area contributed by atoms with Gasteiger partial charge in [0.25, 0.3) is 5.56 Å². The van der Waals surface area contributed by atoms with Crippen LogP contribution < -0.4 is 10.9 Å². The molecular weight excluding hydrogens is 370 g/mol. The average Bonchev–Trinajstić information content (AvgIpc) is 2.67. The summed E-state index contributed by atoms with van der Waals surface area (Å²) in [4.78, 5) is 31.4. The van der Waals surface area contributed by atoms with Crippen LogP contribution in [0.25, 0.3) is 0 Å². The van der Waals surface area contributed by atoms with Crippen LogP contribution in [-0.2, 0) is 23.5 Å². The third-order valence-corrected chi connectivity index (χ3v) is 5.26. The van der Waals surface area contributed by atoms with Gasteiger partial charge in [0.1, 0.15) is 0 Å². The number of hydrogen-bond donors (Lipinski definition) is 2. The molecule has 1 amide bonds. The van der Waals surface area contributed by atoms with E-state index in [4.69, 9.17) is 0 Å². The maximum atomic E-state index is 12.3. The SMILES string of the molecule is Cc1ccc(C)c(CNC(=O)Cc2cc(=O)[nH]c(SCc3ccccc3)n2)c1. The van der Waals surface area contributed by atoms with Crippen molar-refractivity contribution in [1.82, 2.24) is 15.3 Å². The number of aromatic nitrogens is 2. The Bertz CT molecular complexity index is 1020. The van der Waals surface area contributed by atoms with E-state index >= 15 is 0 Å². The molecule has 28 heavy (non-hydrogen) atoms. The summed E-state index contributed by atoms with van der Waals surface area (Å²) in [7, 11) is 0. The maximum absolute atomic E-state index is 12.3. The predicted molar refractivity (Wildman–Crippen MR) is 112 cm³/mol. The summed E-state index contributed by atoms with van der Waals surface area (Å²) < 4.78 is 0. The minimum absolute atomic E-state index is 0.0771. The summed E-state index contributed by atoms with van der Waals surface area (Å²) >= 11 is 1.44. The first-order valence-electron chi connectivity index (χ1n) is 9.09. The van der Waals surface area contributed by atoms with E-state index in [9.17, 15) is 9.59 Å². The second-order valence-electron chi connectivity index (χ2n) is 6.70. The lowest BCUT2D eigenvalue weighted by Gasteiger charge is -2.09. The van der Waals surface area contributed by atoms with Gasteiger partial charge >= 0.3 is 0 Å². The molecule has 0 spiro atoms. The topological polar surface area (TPSA) is 74.8 Å². The van der Waals surface area contributed by atoms with Gasteiger partial charge in [0.15, 0.2) is 5.16 Å². The fourth-order valence-electron chi connectivity index (χ4n) is 2.78. The molecule has 1 heterocycles. The fraction of sp³-hybridized carbons (Fsp3) is 0.227. The molecule has 5 nitrogen and oxygen atoms in total. The number of benzene rings is 2. The molecule has 0 bridgehead atoms. The van der Waals surface area contributed by atoms with Crippen molar-refractivity contribution < 1.29 is 4.79 Å². The number of aromatic amines is 1. The number of H-pyrrole nitrogens is 1. The molecule has 6 heteroatoms. The van der Waals surface area contributed by atoms with E-state index in [2.05, 4.69) is 27.4 Å². The Morgan fingerprint density at radius 3 is 2.68 bits per heavy atom. The third kappa shape index (κ3) is 5.82. The fourth-order valence-corrected chi connectivity index (χ4v) is 3.63. The van der Waals surface area contributed by atoms with Crippen LogP contribution in [0.4, 0.5) is 0 Å². The number of aryl methyl sites for hydroxylation is 2. The second kappa shape index (κ2) is 9.37. The predicted octanol–water partition coefficient (Wildman–Crippen LogP) is 3.54. The van der Waals surface area contributed by atoms with Gasteiger partial charge < -0.3 is 10.3 Å². The quantitative estimate of drug-likeness (QED) is 0.476. The summed E-state index contributed by atoms with van der Waals surface area (Å²) in [6, 6.07) is 17.5. The Labute approximate surface area is 168 Å². The summed E-state index contributed by atoms with van der Waals surface area (Å²) in [5.41, 5.74) is 4.75. The molecule has 0 aliphatic rings. The third-order valence-electron chi connectivity index (χ3n) is 4.31. The van der Waals surface area contributed by atoms with E-state index in [0.29, 0.717) is 23.1 Å². The molecule has 1 aromatic heterocycles. The monoisotopic (exact) mass is 393 g/mol. The molecule has 3 aromatic rings. The van der Waals surface area contributed by atoms with Crippen LogP contribution >= 0.6 is 11.8 Å². The number of rotatable bonds is 7. The van der Waals surface area contributed by atoms with Gasteiger partial charge in [-0.25, -0.2) is 4.98 Å². The largest absolute Gasteiger partial charge is 0.352 e. The van der Waals surface area contributed by atoms with E-state index in [1.165, 1.54) is 17.8 Å².